The quantitative estimate of drug-likeness (QED) is 0.456. The summed E-state index contributed by atoms with van der Waals surface area (Å²) in [5.74, 6) is -0.175. The van der Waals surface area contributed by atoms with Crippen molar-refractivity contribution in [2.45, 2.75) is 32.9 Å². The molecule has 8 heteroatoms. The summed E-state index contributed by atoms with van der Waals surface area (Å²) in [5, 5.41) is 0.469. The molecule has 2 fully saturated rings. The van der Waals surface area contributed by atoms with Crippen LogP contribution in [-0.4, -0.2) is 44.5 Å². The standard InChI is InChI=1S/C27H26FN3O3S/c1-18-10-12-29(13-11-18)25(32)17-30-15-20(21-7-3-5-9-23(21)30)14-24-26(33)31(27(34)35-24)16-19-6-2-4-8-22(19)28/h2-9,14-15,18H,10-13,16-17H2,1H3/b24-14-. The molecule has 2 saturated heterocycles. The number of imide groups is 1. The van der Waals surface area contributed by atoms with Crippen molar-refractivity contribution in [3.05, 3.63) is 76.6 Å². The van der Waals surface area contributed by atoms with Crippen molar-refractivity contribution in [2.75, 3.05) is 13.1 Å². The first-order valence-corrected chi connectivity index (χ1v) is 12.6. The van der Waals surface area contributed by atoms with Crippen LogP contribution in [0, 0.1) is 11.7 Å². The Hall–Kier alpha value is -3.39. The molecule has 0 N–H and O–H groups in total. The van der Waals surface area contributed by atoms with Crippen LogP contribution < -0.4 is 0 Å². The van der Waals surface area contributed by atoms with Gasteiger partial charge in [-0.25, -0.2) is 4.39 Å². The Kier molecular flexibility index (Phi) is 6.47. The monoisotopic (exact) mass is 491 g/mol. The van der Waals surface area contributed by atoms with E-state index in [-0.39, 0.29) is 23.9 Å². The van der Waals surface area contributed by atoms with Crippen LogP contribution in [0.2, 0.25) is 0 Å². The van der Waals surface area contributed by atoms with Gasteiger partial charge in [0.2, 0.25) is 5.91 Å². The molecular weight excluding hydrogens is 465 g/mol. The minimum Gasteiger partial charge on any atom is -0.341 e. The highest BCUT2D eigenvalue weighted by molar-refractivity contribution is 8.18. The highest BCUT2D eigenvalue weighted by atomic mass is 32.2. The number of piperidine rings is 1. The first-order chi connectivity index (χ1) is 16.9. The Labute approximate surface area is 207 Å². The Morgan fingerprint density at radius 1 is 1.09 bits per heavy atom. The molecule has 0 radical (unpaired) electrons. The summed E-state index contributed by atoms with van der Waals surface area (Å²) in [4.78, 5) is 41.8. The van der Waals surface area contributed by atoms with Gasteiger partial charge in [0.15, 0.2) is 0 Å². The number of rotatable bonds is 5. The van der Waals surface area contributed by atoms with Gasteiger partial charge in [0.1, 0.15) is 12.4 Å². The van der Waals surface area contributed by atoms with Gasteiger partial charge in [-0.2, -0.15) is 0 Å². The van der Waals surface area contributed by atoms with Crippen LogP contribution in [0.5, 0.6) is 0 Å². The number of hydrogen-bond donors (Lipinski definition) is 0. The van der Waals surface area contributed by atoms with Crippen LogP contribution in [0.1, 0.15) is 30.9 Å². The van der Waals surface area contributed by atoms with Gasteiger partial charge in [0, 0.05) is 41.3 Å². The van der Waals surface area contributed by atoms with Crippen molar-refractivity contribution in [2.24, 2.45) is 5.92 Å². The van der Waals surface area contributed by atoms with Gasteiger partial charge in [0.05, 0.1) is 11.4 Å². The summed E-state index contributed by atoms with van der Waals surface area (Å²) >= 11 is 0.848. The molecule has 3 amide bonds. The van der Waals surface area contributed by atoms with Gasteiger partial charge in [-0.05, 0) is 48.7 Å². The summed E-state index contributed by atoms with van der Waals surface area (Å²) in [5.41, 5.74) is 1.94. The summed E-state index contributed by atoms with van der Waals surface area (Å²) in [6, 6.07) is 13.8. The van der Waals surface area contributed by atoms with Gasteiger partial charge < -0.3 is 9.47 Å². The van der Waals surface area contributed by atoms with Gasteiger partial charge in [-0.3, -0.25) is 19.3 Å². The first-order valence-electron chi connectivity index (χ1n) is 11.7. The molecule has 3 heterocycles. The molecule has 180 valence electrons. The summed E-state index contributed by atoms with van der Waals surface area (Å²) in [7, 11) is 0. The van der Waals surface area contributed by atoms with Gasteiger partial charge in [-0.15, -0.1) is 0 Å². The number of hydrogen-bond acceptors (Lipinski definition) is 4. The summed E-state index contributed by atoms with van der Waals surface area (Å²) in [6.45, 7) is 3.88. The van der Waals surface area contributed by atoms with Crippen molar-refractivity contribution in [1.29, 1.82) is 0 Å². The fourth-order valence-corrected chi connectivity index (χ4v) is 5.43. The molecular formula is C27H26FN3O3S. The van der Waals surface area contributed by atoms with Crippen LogP contribution in [0.4, 0.5) is 9.18 Å². The van der Waals surface area contributed by atoms with Crippen LogP contribution in [0.15, 0.2) is 59.6 Å². The lowest BCUT2D eigenvalue weighted by Crippen LogP contribution is -2.39. The van der Waals surface area contributed by atoms with Crippen molar-refractivity contribution in [3.63, 3.8) is 0 Å². The van der Waals surface area contributed by atoms with E-state index in [1.54, 1.807) is 24.3 Å². The molecule has 0 spiro atoms. The topological polar surface area (TPSA) is 62.6 Å². The highest BCUT2D eigenvalue weighted by Gasteiger charge is 2.35. The molecule has 0 bridgehead atoms. The number of thioether (sulfide) groups is 1. The number of likely N-dealkylation sites (tertiary alicyclic amines) is 1. The van der Waals surface area contributed by atoms with Gasteiger partial charge in [-0.1, -0.05) is 43.3 Å². The van der Waals surface area contributed by atoms with E-state index >= 15 is 0 Å². The summed E-state index contributed by atoms with van der Waals surface area (Å²) in [6.07, 6.45) is 5.59. The SMILES string of the molecule is CC1CCN(C(=O)Cn2cc(/C=C3\SC(=O)N(Cc4ccccc4F)C3=O)c3ccccc32)CC1. The number of carbonyl (C=O) groups is 3. The Morgan fingerprint density at radius 2 is 1.80 bits per heavy atom. The number of para-hydroxylation sites is 1. The lowest BCUT2D eigenvalue weighted by atomic mass is 9.99. The Balaban J connectivity index is 1.40. The molecule has 0 atom stereocenters. The number of benzene rings is 2. The molecule has 3 aromatic rings. The third-order valence-corrected chi connectivity index (χ3v) is 7.62. The second-order valence-electron chi connectivity index (χ2n) is 9.15. The van der Waals surface area contributed by atoms with E-state index in [0.29, 0.717) is 11.5 Å². The predicted molar refractivity (Wildman–Crippen MR) is 135 cm³/mol. The van der Waals surface area contributed by atoms with E-state index < -0.39 is 17.0 Å². The molecule has 6 nitrogen and oxygen atoms in total. The molecule has 0 unspecified atom stereocenters. The van der Waals surface area contributed by atoms with Crippen LogP contribution in [0.3, 0.4) is 0 Å². The Bertz CT molecular complexity index is 1340. The minimum atomic E-state index is -0.452. The molecule has 2 aliphatic heterocycles. The van der Waals surface area contributed by atoms with Gasteiger partial charge >= 0.3 is 0 Å². The highest BCUT2D eigenvalue weighted by Crippen LogP contribution is 2.35. The first kappa shape index (κ1) is 23.4. The molecule has 35 heavy (non-hydrogen) atoms. The molecule has 0 saturated carbocycles. The number of amides is 3. The molecule has 2 aliphatic rings. The molecule has 5 rings (SSSR count). The largest absolute Gasteiger partial charge is 0.341 e. The number of halogens is 1. The summed E-state index contributed by atoms with van der Waals surface area (Å²) < 4.78 is 16.0. The van der Waals surface area contributed by atoms with E-state index in [1.807, 2.05) is 39.9 Å². The second-order valence-corrected chi connectivity index (χ2v) is 10.1. The third-order valence-electron chi connectivity index (χ3n) is 6.71. The van der Waals surface area contributed by atoms with Crippen LogP contribution in [-0.2, 0) is 22.7 Å². The second kappa shape index (κ2) is 9.70. The number of aromatic nitrogens is 1. The third kappa shape index (κ3) is 4.75. The zero-order valence-corrected chi connectivity index (χ0v) is 20.3. The van der Waals surface area contributed by atoms with Crippen molar-refractivity contribution in [3.8, 4) is 0 Å². The molecule has 2 aromatic carbocycles. The number of carbonyl (C=O) groups excluding carboxylic acids is 3. The maximum Gasteiger partial charge on any atom is 0.293 e. The van der Waals surface area contributed by atoms with Crippen LogP contribution >= 0.6 is 11.8 Å². The predicted octanol–water partition coefficient (Wildman–Crippen LogP) is 5.28. The smallest absolute Gasteiger partial charge is 0.293 e. The van der Waals surface area contributed by atoms with E-state index in [9.17, 15) is 18.8 Å². The molecule has 0 aliphatic carbocycles. The zero-order valence-electron chi connectivity index (χ0n) is 19.4. The van der Waals surface area contributed by atoms with Crippen molar-refractivity contribution >= 4 is 45.8 Å². The fourth-order valence-electron chi connectivity index (χ4n) is 4.60. The fraction of sp³-hybridized carbons (Fsp3) is 0.296. The normalized spacial score (nSPS) is 18.3. The lowest BCUT2D eigenvalue weighted by Gasteiger charge is -2.30. The number of nitrogens with zero attached hydrogens (tertiary/aromatic N) is 3. The maximum atomic E-state index is 14.1. The average Bonchev–Trinajstić information content (AvgIpc) is 3.32. The van der Waals surface area contributed by atoms with E-state index in [4.69, 9.17) is 0 Å². The van der Waals surface area contributed by atoms with Crippen molar-refractivity contribution in [1.82, 2.24) is 14.4 Å². The van der Waals surface area contributed by atoms with E-state index in [2.05, 4.69) is 6.92 Å². The lowest BCUT2D eigenvalue weighted by molar-refractivity contribution is -0.133. The van der Waals surface area contributed by atoms with Crippen LogP contribution in [0.25, 0.3) is 17.0 Å². The van der Waals surface area contributed by atoms with E-state index in [1.165, 1.54) is 6.07 Å². The number of fused-ring (bicyclic) bond motifs is 1. The van der Waals surface area contributed by atoms with Crippen molar-refractivity contribution < 1.29 is 18.8 Å². The van der Waals surface area contributed by atoms with Gasteiger partial charge in [0.25, 0.3) is 11.1 Å². The zero-order chi connectivity index (χ0) is 24.5. The average molecular weight is 492 g/mol. The Morgan fingerprint density at radius 3 is 2.57 bits per heavy atom. The minimum absolute atomic E-state index is 0.0782. The van der Waals surface area contributed by atoms with E-state index in [0.717, 1.165) is 59.1 Å². The maximum absolute atomic E-state index is 14.1. The molecule has 1 aromatic heterocycles.